The van der Waals surface area contributed by atoms with Crippen LogP contribution >= 0.6 is 11.3 Å². The van der Waals surface area contributed by atoms with Crippen LogP contribution in [0.3, 0.4) is 0 Å². The summed E-state index contributed by atoms with van der Waals surface area (Å²) in [4.78, 5) is 8.64. The molecular formula is C15H27N3S. The van der Waals surface area contributed by atoms with Crippen molar-refractivity contribution < 1.29 is 0 Å². The summed E-state index contributed by atoms with van der Waals surface area (Å²) in [7, 11) is 0. The maximum Gasteiger partial charge on any atom is 0.185 e. The first-order chi connectivity index (χ1) is 8.96. The van der Waals surface area contributed by atoms with Gasteiger partial charge in [0.15, 0.2) is 5.13 Å². The average Bonchev–Trinajstić information content (AvgIpc) is 2.54. The van der Waals surface area contributed by atoms with Crippen LogP contribution in [-0.4, -0.2) is 23.6 Å². The van der Waals surface area contributed by atoms with Crippen LogP contribution in [0.1, 0.15) is 57.0 Å². The zero-order valence-corrected chi connectivity index (χ0v) is 13.6. The van der Waals surface area contributed by atoms with Crippen LogP contribution in [-0.2, 0) is 6.54 Å². The van der Waals surface area contributed by atoms with Gasteiger partial charge in [-0.2, -0.15) is 0 Å². The fourth-order valence-corrected chi connectivity index (χ4v) is 3.37. The molecule has 0 atom stereocenters. The highest BCUT2D eigenvalue weighted by Gasteiger charge is 2.17. The van der Waals surface area contributed by atoms with Gasteiger partial charge < -0.3 is 10.2 Å². The van der Waals surface area contributed by atoms with Crippen LogP contribution in [0, 0.1) is 6.92 Å². The van der Waals surface area contributed by atoms with Gasteiger partial charge in [-0.1, -0.05) is 12.8 Å². The Hall–Kier alpha value is -0.610. The molecule has 0 aromatic carbocycles. The predicted octanol–water partition coefficient (Wildman–Crippen LogP) is 3.72. The van der Waals surface area contributed by atoms with Gasteiger partial charge in [0.25, 0.3) is 0 Å². The molecule has 0 radical (unpaired) electrons. The van der Waals surface area contributed by atoms with Crippen molar-refractivity contribution in [3.05, 3.63) is 10.6 Å². The zero-order chi connectivity index (χ0) is 13.9. The van der Waals surface area contributed by atoms with E-state index in [1.807, 2.05) is 11.3 Å². The number of rotatable bonds is 3. The largest absolute Gasteiger partial charge is 0.348 e. The number of aryl methyl sites for hydroxylation is 1. The molecule has 4 heteroatoms. The van der Waals surface area contributed by atoms with Gasteiger partial charge in [0.1, 0.15) is 0 Å². The second-order valence-corrected chi connectivity index (χ2v) is 7.57. The highest BCUT2D eigenvalue weighted by Crippen LogP contribution is 2.28. The average molecular weight is 281 g/mol. The molecule has 1 fully saturated rings. The third-order valence-corrected chi connectivity index (χ3v) is 4.76. The molecule has 19 heavy (non-hydrogen) atoms. The molecule has 1 N–H and O–H groups in total. The van der Waals surface area contributed by atoms with Gasteiger partial charge in [-0.05, 0) is 40.5 Å². The van der Waals surface area contributed by atoms with Crippen LogP contribution < -0.4 is 10.2 Å². The third-order valence-electron chi connectivity index (χ3n) is 3.54. The van der Waals surface area contributed by atoms with Gasteiger partial charge in [0.2, 0.25) is 0 Å². The lowest BCUT2D eigenvalue weighted by Crippen LogP contribution is -2.34. The molecule has 0 bridgehead atoms. The van der Waals surface area contributed by atoms with Crippen LogP contribution in [0.2, 0.25) is 0 Å². The van der Waals surface area contributed by atoms with Crippen molar-refractivity contribution in [1.29, 1.82) is 0 Å². The molecule has 1 aliphatic heterocycles. The minimum absolute atomic E-state index is 0.166. The minimum atomic E-state index is 0.166. The summed E-state index contributed by atoms with van der Waals surface area (Å²) in [5.74, 6) is 0. The van der Waals surface area contributed by atoms with Gasteiger partial charge >= 0.3 is 0 Å². The summed E-state index contributed by atoms with van der Waals surface area (Å²) < 4.78 is 0. The fraction of sp³-hybridized carbons (Fsp3) is 0.800. The molecule has 1 aromatic heterocycles. The predicted molar refractivity (Wildman–Crippen MR) is 84.1 cm³/mol. The van der Waals surface area contributed by atoms with E-state index in [0.29, 0.717) is 0 Å². The van der Waals surface area contributed by atoms with E-state index in [1.165, 1.54) is 54.5 Å². The van der Waals surface area contributed by atoms with Crippen LogP contribution in [0.25, 0.3) is 0 Å². The van der Waals surface area contributed by atoms with E-state index in [4.69, 9.17) is 4.98 Å². The Morgan fingerprint density at radius 3 is 2.37 bits per heavy atom. The summed E-state index contributed by atoms with van der Waals surface area (Å²) in [6.45, 7) is 12.0. The van der Waals surface area contributed by atoms with Crippen molar-refractivity contribution in [2.75, 3.05) is 18.0 Å². The first-order valence-corrected chi connectivity index (χ1v) is 8.24. The molecule has 2 rings (SSSR count). The molecule has 1 aromatic rings. The number of anilines is 1. The molecule has 1 saturated heterocycles. The van der Waals surface area contributed by atoms with E-state index in [0.717, 1.165) is 6.54 Å². The lowest BCUT2D eigenvalue weighted by atomic mass is 10.1. The molecule has 3 nitrogen and oxygen atoms in total. The Labute approximate surface area is 121 Å². The van der Waals surface area contributed by atoms with Crippen LogP contribution in [0.5, 0.6) is 0 Å². The number of thiazole rings is 1. The van der Waals surface area contributed by atoms with Crippen molar-refractivity contribution in [3.63, 3.8) is 0 Å². The lowest BCUT2D eigenvalue weighted by molar-refractivity contribution is 0.425. The second-order valence-electron chi connectivity index (χ2n) is 6.51. The molecule has 1 aliphatic rings. The quantitative estimate of drug-likeness (QED) is 0.915. The summed E-state index contributed by atoms with van der Waals surface area (Å²) in [6.07, 6.45) is 5.38. The van der Waals surface area contributed by atoms with Crippen molar-refractivity contribution in [2.24, 2.45) is 0 Å². The Morgan fingerprint density at radius 2 is 1.79 bits per heavy atom. The Bertz CT molecular complexity index is 398. The number of nitrogens with zero attached hydrogens (tertiary/aromatic N) is 2. The molecular weight excluding hydrogens is 254 g/mol. The smallest absolute Gasteiger partial charge is 0.185 e. The fourth-order valence-electron chi connectivity index (χ4n) is 2.32. The first-order valence-electron chi connectivity index (χ1n) is 7.42. The third kappa shape index (κ3) is 4.46. The van der Waals surface area contributed by atoms with Crippen LogP contribution in [0.15, 0.2) is 0 Å². The normalized spacial score (nSPS) is 17.6. The molecule has 0 unspecified atom stereocenters. The van der Waals surface area contributed by atoms with Crippen molar-refractivity contribution in [1.82, 2.24) is 10.3 Å². The summed E-state index contributed by atoms with van der Waals surface area (Å²) in [5, 5.41) is 4.79. The Morgan fingerprint density at radius 1 is 1.16 bits per heavy atom. The Kier molecular flexibility index (Phi) is 4.85. The van der Waals surface area contributed by atoms with Crippen molar-refractivity contribution in [3.8, 4) is 0 Å². The van der Waals surface area contributed by atoms with Gasteiger partial charge in [0.05, 0.1) is 5.69 Å². The maximum absolute atomic E-state index is 4.78. The van der Waals surface area contributed by atoms with E-state index in [9.17, 15) is 0 Å². The van der Waals surface area contributed by atoms with Gasteiger partial charge in [-0.15, -0.1) is 11.3 Å². The number of aromatic nitrogens is 1. The monoisotopic (exact) mass is 281 g/mol. The Balaban J connectivity index is 2.02. The molecule has 0 saturated carbocycles. The topological polar surface area (TPSA) is 28.2 Å². The zero-order valence-electron chi connectivity index (χ0n) is 12.8. The van der Waals surface area contributed by atoms with E-state index in [1.54, 1.807) is 0 Å². The van der Waals surface area contributed by atoms with Gasteiger partial charge in [0, 0.05) is 30.1 Å². The van der Waals surface area contributed by atoms with Gasteiger partial charge in [-0.25, -0.2) is 4.98 Å². The summed E-state index contributed by atoms with van der Waals surface area (Å²) in [6, 6.07) is 0. The standard InChI is InChI=1S/C15H27N3S/c1-12-13(11-16-15(2,3)4)19-14(17-12)18-9-7-5-6-8-10-18/h16H,5-11H2,1-4H3. The molecule has 0 spiro atoms. The second kappa shape index (κ2) is 6.23. The van der Waals surface area contributed by atoms with E-state index in [2.05, 4.69) is 37.9 Å². The molecule has 0 amide bonds. The first kappa shape index (κ1) is 14.8. The molecule has 2 heterocycles. The maximum atomic E-state index is 4.78. The van der Waals surface area contributed by atoms with E-state index < -0.39 is 0 Å². The van der Waals surface area contributed by atoms with Gasteiger partial charge in [-0.3, -0.25) is 0 Å². The van der Waals surface area contributed by atoms with E-state index >= 15 is 0 Å². The number of hydrogen-bond donors (Lipinski definition) is 1. The van der Waals surface area contributed by atoms with Crippen LogP contribution in [0.4, 0.5) is 5.13 Å². The summed E-state index contributed by atoms with van der Waals surface area (Å²) in [5.41, 5.74) is 1.36. The minimum Gasteiger partial charge on any atom is -0.348 e. The molecule has 108 valence electrons. The SMILES string of the molecule is Cc1nc(N2CCCCCC2)sc1CNC(C)(C)C. The highest BCUT2D eigenvalue weighted by molar-refractivity contribution is 7.15. The number of nitrogens with one attached hydrogen (secondary N) is 1. The van der Waals surface area contributed by atoms with Crippen molar-refractivity contribution >= 4 is 16.5 Å². The summed E-state index contributed by atoms with van der Waals surface area (Å²) >= 11 is 1.87. The molecule has 0 aliphatic carbocycles. The van der Waals surface area contributed by atoms with Crippen molar-refractivity contribution in [2.45, 2.75) is 65.5 Å². The van der Waals surface area contributed by atoms with E-state index in [-0.39, 0.29) is 5.54 Å². The lowest BCUT2D eigenvalue weighted by Gasteiger charge is -2.20. The number of hydrogen-bond acceptors (Lipinski definition) is 4. The highest BCUT2D eigenvalue weighted by atomic mass is 32.1.